The van der Waals surface area contributed by atoms with Crippen LogP contribution in [0.25, 0.3) is 0 Å². The van der Waals surface area contributed by atoms with Crippen molar-refractivity contribution in [2.24, 2.45) is 0 Å². The van der Waals surface area contributed by atoms with Crippen LogP contribution in [0, 0.1) is 0 Å². The Kier molecular flexibility index (Phi) is 10.9. The van der Waals surface area contributed by atoms with Crippen molar-refractivity contribution in [3.63, 3.8) is 0 Å². The molecule has 0 aromatic heterocycles. The summed E-state index contributed by atoms with van der Waals surface area (Å²) in [5.74, 6) is 0. The summed E-state index contributed by atoms with van der Waals surface area (Å²) in [6.07, 6.45) is 0. The molecule has 26 valence electrons. The first kappa shape index (κ1) is 9.78. The summed E-state index contributed by atoms with van der Waals surface area (Å²) >= 11 is 0. The molecule has 1 unspecified atom stereocenters. The summed E-state index contributed by atoms with van der Waals surface area (Å²) in [7, 11) is -3.12. The molecule has 3 nitrogen and oxygen atoms in total. The third-order valence-electron chi connectivity index (χ3n) is 0. The van der Waals surface area contributed by atoms with Crippen molar-refractivity contribution < 1.29 is 14.4 Å². The monoisotopic (exact) mass is 218 g/mol. The number of hydrogen-bond acceptors (Lipinski definition) is 2. The van der Waals surface area contributed by atoms with Gasteiger partial charge in [-0.1, -0.05) is 0 Å². The van der Waals surface area contributed by atoms with E-state index in [1.54, 1.807) is 0 Å². The molecule has 0 spiro atoms. The SMILES string of the molecule is O=[P+]([O-])O.[Ba]. The van der Waals surface area contributed by atoms with E-state index in [1.807, 2.05) is 0 Å². The summed E-state index contributed by atoms with van der Waals surface area (Å²) < 4.78 is 8.59. The minimum absolute atomic E-state index is 0. The molecule has 0 amide bonds. The molecule has 1 atom stereocenters. The van der Waals surface area contributed by atoms with Crippen molar-refractivity contribution in [3.05, 3.63) is 0 Å². The maximum Gasteiger partial charge on any atom is 0.485 e. The van der Waals surface area contributed by atoms with Crippen molar-refractivity contribution in [3.8, 4) is 0 Å². The fourth-order valence-corrected chi connectivity index (χ4v) is 0. The maximum absolute atomic E-state index is 8.59. The third-order valence-corrected chi connectivity index (χ3v) is 0. The van der Waals surface area contributed by atoms with Crippen molar-refractivity contribution in [2.45, 2.75) is 0 Å². The van der Waals surface area contributed by atoms with Gasteiger partial charge in [-0.25, -0.2) is 0 Å². The molecule has 1 N–H and O–H groups in total. The Labute approximate surface area is 70.4 Å². The number of rotatable bonds is 0. The summed E-state index contributed by atoms with van der Waals surface area (Å²) in [5.41, 5.74) is 0. The Morgan fingerprint density at radius 2 is 1.80 bits per heavy atom. The van der Waals surface area contributed by atoms with Gasteiger partial charge in [0.05, 0.1) is 0 Å². The zero-order valence-electron chi connectivity index (χ0n) is 2.42. The Morgan fingerprint density at radius 1 is 1.80 bits per heavy atom. The quantitative estimate of drug-likeness (QED) is 0.402. The van der Waals surface area contributed by atoms with Gasteiger partial charge in [0.15, 0.2) is 0 Å². The minimum Gasteiger partial charge on any atom is -0.567 e. The molecule has 0 saturated carbocycles. The zero-order chi connectivity index (χ0) is 3.58. The van der Waals surface area contributed by atoms with Crippen LogP contribution in [0.1, 0.15) is 0 Å². The first-order chi connectivity index (χ1) is 1.73. The smallest absolute Gasteiger partial charge is 0.485 e. The van der Waals surface area contributed by atoms with Crippen LogP contribution >= 0.6 is 8.25 Å². The topological polar surface area (TPSA) is 60.4 Å². The fraction of sp³-hybridized carbons (Fsp3) is 0. The van der Waals surface area contributed by atoms with Crippen molar-refractivity contribution in [1.82, 2.24) is 0 Å². The molecular formula is HBaO3P. The predicted molar refractivity (Wildman–Crippen MR) is 15.6 cm³/mol. The van der Waals surface area contributed by atoms with Crippen LogP contribution in [0.15, 0.2) is 0 Å². The first-order valence-corrected chi connectivity index (χ1v) is 1.70. The van der Waals surface area contributed by atoms with E-state index in [9.17, 15) is 0 Å². The van der Waals surface area contributed by atoms with Crippen molar-refractivity contribution in [1.29, 1.82) is 0 Å². The molecule has 0 aliphatic rings. The first-order valence-electron chi connectivity index (χ1n) is 0.565. The van der Waals surface area contributed by atoms with Crippen LogP contribution in [0.3, 0.4) is 0 Å². The molecule has 0 aromatic rings. The van der Waals surface area contributed by atoms with E-state index in [0.29, 0.717) is 0 Å². The van der Waals surface area contributed by atoms with E-state index in [0.717, 1.165) is 0 Å². The van der Waals surface area contributed by atoms with Gasteiger partial charge in [0, 0.05) is 48.9 Å². The van der Waals surface area contributed by atoms with Crippen LogP contribution < -0.4 is 4.89 Å². The molecule has 2 radical (unpaired) electrons. The van der Waals surface area contributed by atoms with Crippen molar-refractivity contribution >= 4 is 57.1 Å². The van der Waals surface area contributed by atoms with Gasteiger partial charge in [-0.15, -0.1) is 0 Å². The van der Waals surface area contributed by atoms with E-state index >= 15 is 0 Å². The van der Waals surface area contributed by atoms with E-state index in [2.05, 4.69) is 0 Å². The minimum atomic E-state index is -3.12. The molecule has 0 aliphatic heterocycles. The van der Waals surface area contributed by atoms with Gasteiger partial charge < -0.3 is 4.89 Å². The largest absolute Gasteiger partial charge is 0.567 e. The van der Waals surface area contributed by atoms with E-state index in [1.165, 1.54) is 0 Å². The Bertz CT molecular complexity index is 29.9. The van der Waals surface area contributed by atoms with E-state index in [-0.39, 0.29) is 48.9 Å². The van der Waals surface area contributed by atoms with Crippen LogP contribution in [-0.2, 0) is 4.57 Å². The van der Waals surface area contributed by atoms with E-state index < -0.39 is 8.25 Å². The summed E-state index contributed by atoms with van der Waals surface area (Å²) in [5, 5.41) is 0. The van der Waals surface area contributed by atoms with E-state index in [4.69, 9.17) is 14.4 Å². The number of hydrogen-bond donors (Lipinski definition) is 1. The average Bonchev–Trinajstić information content (AvgIpc) is 0.811. The van der Waals surface area contributed by atoms with Gasteiger partial charge in [-0.05, 0) is 4.57 Å². The molecule has 0 bridgehead atoms. The van der Waals surface area contributed by atoms with Gasteiger partial charge in [-0.3, -0.25) is 0 Å². The van der Waals surface area contributed by atoms with Gasteiger partial charge in [-0.2, -0.15) is 4.89 Å². The molecule has 0 fully saturated rings. The second-order valence-electron chi connectivity index (χ2n) is 0.238. The average molecular weight is 217 g/mol. The molecule has 0 heterocycles. The van der Waals surface area contributed by atoms with Crippen LogP contribution in [0.5, 0.6) is 0 Å². The predicted octanol–water partition coefficient (Wildman–Crippen LogP) is -1.38. The Hall–Kier alpha value is 1.59. The van der Waals surface area contributed by atoms with Gasteiger partial charge >= 0.3 is 8.25 Å². The standard InChI is InChI=1S/Ba.HO3P/c;1-4(2)3/h;(H,1,2,3). The van der Waals surface area contributed by atoms with Crippen LogP contribution in [-0.4, -0.2) is 53.8 Å². The maximum atomic E-state index is 8.59. The Balaban J connectivity index is 0. The molecule has 0 aromatic carbocycles. The second-order valence-corrected chi connectivity index (χ2v) is 0.714. The molecule has 5 heavy (non-hydrogen) atoms. The third kappa shape index (κ3) is 28.5. The molecule has 0 aliphatic carbocycles. The molecule has 0 rings (SSSR count). The normalized spacial score (nSPS) is 8.80. The van der Waals surface area contributed by atoms with Crippen LogP contribution in [0.2, 0.25) is 0 Å². The van der Waals surface area contributed by atoms with Crippen LogP contribution in [0.4, 0.5) is 0 Å². The second kappa shape index (κ2) is 5.59. The Morgan fingerprint density at radius 3 is 1.80 bits per heavy atom. The van der Waals surface area contributed by atoms with Gasteiger partial charge in [0.2, 0.25) is 0 Å². The molecule has 5 heteroatoms. The summed E-state index contributed by atoms with van der Waals surface area (Å²) in [6.45, 7) is 0. The van der Waals surface area contributed by atoms with Gasteiger partial charge in [0.1, 0.15) is 0 Å². The summed E-state index contributed by atoms with van der Waals surface area (Å²) in [4.78, 5) is 15.6. The van der Waals surface area contributed by atoms with Crippen molar-refractivity contribution in [2.75, 3.05) is 0 Å². The summed E-state index contributed by atoms with van der Waals surface area (Å²) in [6, 6.07) is 0. The van der Waals surface area contributed by atoms with Gasteiger partial charge in [0.25, 0.3) is 0 Å². The zero-order valence-corrected chi connectivity index (χ0v) is 7.75. The molecule has 0 saturated heterocycles. The fourth-order valence-electron chi connectivity index (χ4n) is 0. The molecular weight excluding hydrogens is 216 g/mol.